The Balaban J connectivity index is 2.63. The monoisotopic (exact) mass is 184 g/mol. The van der Waals surface area contributed by atoms with Crippen molar-refractivity contribution in [3.05, 3.63) is 0 Å². The number of rotatable bonds is 0. The topological polar surface area (TPSA) is 39.7 Å². The second-order valence-electron chi connectivity index (χ2n) is 3.89. The molecule has 4 heteroatoms. The molecule has 1 aliphatic heterocycles. The number of likely N-dealkylation sites (N-methyl/N-ethyl adjacent to an activating group) is 1. The molecular formula is C9H20N4. The molecule has 0 aromatic carbocycles. The molecule has 2 atom stereocenters. The molecule has 0 fully saturated rings. The fourth-order valence-electron chi connectivity index (χ4n) is 1.42. The highest BCUT2D eigenvalue weighted by Crippen LogP contribution is 2.01. The molecule has 0 bridgehead atoms. The van der Waals surface area contributed by atoms with Gasteiger partial charge in [-0.25, -0.2) is 0 Å². The molecule has 2 N–H and O–H groups in total. The highest BCUT2D eigenvalue weighted by atomic mass is 15.5. The van der Waals surface area contributed by atoms with Crippen LogP contribution in [0.1, 0.15) is 27.2 Å². The van der Waals surface area contributed by atoms with Gasteiger partial charge in [0.1, 0.15) is 0 Å². The summed E-state index contributed by atoms with van der Waals surface area (Å²) in [6.45, 7) is 7.30. The van der Waals surface area contributed by atoms with Crippen molar-refractivity contribution < 1.29 is 0 Å². The zero-order valence-electron chi connectivity index (χ0n) is 8.96. The maximum Gasteiger partial charge on any atom is 0.0577 e. The van der Waals surface area contributed by atoms with Crippen molar-refractivity contribution in [1.29, 1.82) is 0 Å². The number of nitrogens with zero attached hydrogens (tertiary/aromatic N) is 2. The van der Waals surface area contributed by atoms with Crippen LogP contribution in [0.3, 0.4) is 0 Å². The molecule has 0 saturated heterocycles. The lowest BCUT2D eigenvalue weighted by molar-refractivity contribution is 0.256. The summed E-state index contributed by atoms with van der Waals surface area (Å²) in [5.41, 5.74) is 7.64. The predicted octanol–water partition coefficient (Wildman–Crippen LogP) is 0.569. The Labute approximate surface area is 80.3 Å². The van der Waals surface area contributed by atoms with Crippen LogP contribution in [0.2, 0.25) is 0 Å². The lowest BCUT2D eigenvalue weighted by Gasteiger charge is -2.21. The van der Waals surface area contributed by atoms with Gasteiger partial charge in [0.25, 0.3) is 0 Å². The van der Waals surface area contributed by atoms with Crippen LogP contribution in [0, 0.1) is 0 Å². The minimum atomic E-state index is 0.424. The number of hydrazone groups is 1. The fourth-order valence-corrected chi connectivity index (χ4v) is 1.42. The highest BCUT2D eigenvalue weighted by Gasteiger charge is 2.11. The quantitative estimate of drug-likeness (QED) is 0.578. The number of nitrogens with one attached hydrogen (secondary N) is 2. The predicted molar refractivity (Wildman–Crippen MR) is 55.6 cm³/mol. The molecule has 4 nitrogen and oxygen atoms in total. The summed E-state index contributed by atoms with van der Waals surface area (Å²) in [4.78, 5) is 0. The molecule has 0 saturated carbocycles. The van der Waals surface area contributed by atoms with E-state index in [2.05, 4.69) is 36.7 Å². The lowest BCUT2D eigenvalue weighted by Crippen LogP contribution is -2.44. The molecule has 0 aliphatic carbocycles. The van der Waals surface area contributed by atoms with Gasteiger partial charge in [-0.05, 0) is 20.8 Å². The first-order chi connectivity index (χ1) is 6.09. The zero-order chi connectivity index (χ0) is 9.84. The summed E-state index contributed by atoms with van der Waals surface area (Å²) in [7, 11) is 2.02. The number of hydrogen-bond donors (Lipinski definition) is 2. The largest absolute Gasteiger partial charge is 0.296 e. The first-order valence-corrected chi connectivity index (χ1v) is 4.85. The normalized spacial score (nSPS) is 35.7. The molecule has 0 aromatic rings. The Morgan fingerprint density at radius 3 is 2.85 bits per heavy atom. The molecule has 0 unspecified atom stereocenters. The van der Waals surface area contributed by atoms with Gasteiger partial charge in [0.2, 0.25) is 0 Å². The maximum absolute atomic E-state index is 4.50. The minimum absolute atomic E-state index is 0.424. The molecule has 0 radical (unpaired) electrons. The van der Waals surface area contributed by atoms with Crippen LogP contribution < -0.4 is 10.9 Å². The van der Waals surface area contributed by atoms with Crippen LogP contribution in [0.4, 0.5) is 0 Å². The third kappa shape index (κ3) is 3.32. The van der Waals surface area contributed by atoms with E-state index in [1.165, 1.54) is 5.71 Å². The first-order valence-electron chi connectivity index (χ1n) is 4.85. The van der Waals surface area contributed by atoms with Gasteiger partial charge in [0, 0.05) is 31.8 Å². The van der Waals surface area contributed by atoms with E-state index in [0.29, 0.717) is 12.1 Å². The van der Waals surface area contributed by atoms with Crippen molar-refractivity contribution in [3.63, 3.8) is 0 Å². The van der Waals surface area contributed by atoms with E-state index in [-0.39, 0.29) is 0 Å². The van der Waals surface area contributed by atoms with Crippen LogP contribution in [0.15, 0.2) is 5.10 Å². The lowest BCUT2D eigenvalue weighted by atomic mass is 10.2. The van der Waals surface area contributed by atoms with Gasteiger partial charge >= 0.3 is 0 Å². The van der Waals surface area contributed by atoms with Crippen LogP contribution in [0.25, 0.3) is 0 Å². The smallest absolute Gasteiger partial charge is 0.0577 e. The highest BCUT2D eigenvalue weighted by molar-refractivity contribution is 5.82. The van der Waals surface area contributed by atoms with Crippen molar-refractivity contribution in [1.82, 2.24) is 15.9 Å². The van der Waals surface area contributed by atoms with Crippen LogP contribution >= 0.6 is 0 Å². The van der Waals surface area contributed by atoms with Gasteiger partial charge in [0.15, 0.2) is 0 Å². The van der Waals surface area contributed by atoms with Gasteiger partial charge in [-0.15, -0.1) is 0 Å². The Hall–Kier alpha value is -0.610. The van der Waals surface area contributed by atoms with E-state index < -0.39 is 0 Å². The molecule has 0 amide bonds. The van der Waals surface area contributed by atoms with Crippen molar-refractivity contribution in [2.75, 3.05) is 13.6 Å². The number of hydrazine groups is 1. The molecule has 1 rings (SSSR count). The third-order valence-corrected chi connectivity index (χ3v) is 2.31. The fraction of sp³-hybridized carbons (Fsp3) is 0.889. The summed E-state index contributed by atoms with van der Waals surface area (Å²) in [5, 5.41) is 6.51. The average Bonchev–Trinajstić information content (AvgIpc) is 2.06. The van der Waals surface area contributed by atoms with E-state index in [1.807, 2.05) is 12.1 Å². The summed E-state index contributed by atoms with van der Waals surface area (Å²) >= 11 is 0. The van der Waals surface area contributed by atoms with Gasteiger partial charge in [-0.2, -0.15) is 5.10 Å². The standard InChI is InChI=1S/C9H20N4/c1-7-5-8(2)12-13(4)9(3)6-10-11-7/h7,9-11H,5-6H2,1-4H3/b12-8+/t7-,9-/m1/s1. The second-order valence-corrected chi connectivity index (χ2v) is 3.89. The van der Waals surface area contributed by atoms with E-state index >= 15 is 0 Å². The van der Waals surface area contributed by atoms with E-state index in [0.717, 1.165) is 13.0 Å². The van der Waals surface area contributed by atoms with E-state index in [1.54, 1.807) is 0 Å². The molecule has 1 aliphatic rings. The van der Waals surface area contributed by atoms with Gasteiger partial charge in [-0.1, -0.05) is 0 Å². The molecule has 76 valence electrons. The Kier molecular flexibility index (Phi) is 3.69. The molecule has 1 heterocycles. The first kappa shape index (κ1) is 10.5. The van der Waals surface area contributed by atoms with Crippen molar-refractivity contribution in [3.8, 4) is 0 Å². The average molecular weight is 184 g/mol. The SMILES string of the molecule is C/C1=N\N(C)[C@H](C)CNN[C@H](C)C1. The van der Waals surface area contributed by atoms with E-state index in [4.69, 9.17) is 0 Å². The Morgan fingerprint density at radius 2 is 2.15 bits per heavy atom. The second kappa shape index (κ2) is 4.58. The van der Waals surface area contributed by atoms with Gasteiger partial charge < -0.3 is 0 Å². The Bertz CT molecular complexity index is 190. The summed E-state index contributed by atoms with van der Waals surface area (Å²) in [6, 6.07) is 0.871. The minimum Gasteiger partial charge on any atom is -0.296 e. The molecule has 13 heavy (non-hydrogen) atoms. The van der Waals surface area contributed by atoms with Gasteiger partial charge in [-0.3, -0.25) is 15.9 Å². The van der Waals surface area contributed by atoms with Crippen LogP contribution in [-0.4, -0.2) is 36.4 Å². The maximum atomic E-state index is 4.50. The van der Waals surface area contributed by atoms with Gasteiger partial charge in [0.05, 0.1) is 6.04 Å². The molecule has 0 spiro atoms. The van der Waals surface area contributed by atoms with Crippen molar-refractivity contribution in [2.45, 2.75) is 39.3 Å². The summed E-state index contributed by atoms with van der Waals surface area (Å²) in [5.74, 6) is 0. The van der Waals surface area contributed by atoms with E-state index in [9.17, 15) is 0 Å². The Morgan fingerprint density at radius 1 is 1.46 bits per heavy atom. The third-order valence-electron chi connectivity index (χ3n) is 2.31. The molecule has 0 aromatic heterocycles. The number of hydrogen-bond acceptors (Lipinski definition) is 4. The van der Waals surface area contributed by atoms with Crippen LogP contribution in [-0.2, 0) is 0 Å². The molecular weight excluding hydrogens is 164 g/mol. The van der Waals surface area contributed by atoms with Crippen molar-refractivity contribution >= 4 is 5.71 Å². The summed E-state index contributed by atoms with van der Waals surface area (Å²) < 4.78 is 0. The summed E-state index contributed by atoms with van der Waals surface area (Å²) in [6.07, 6.45) is 0.990. The zero-order valence-corrected chi connectivity index (χ0v) is 8.96. The van der Waals surface area contributed by atoms with Crippen molar-refractivity contribution in [2.24, 2.45) is 5.10 Å². The van der Waals surface area contributed by atoms with Crippen LogP contribution in [0.5, 0.6) is 0 Å².